The second kappa shape index (κ2) is 4.31. The average Bonchev–Trinajstić information content (AvgIpc) is 2.77. The Hall–Kier alpha value is -2.50. The predicted molar refractivity (Wildman–Crippen MR) is 71.8 cm³/mol. The van der Waals surface area contributed by atoms with Gasteiger partial charge in [0.15, 0.2) is 0 Å². The summed E-state index contributed by atoms with van der Waals surface area (Å²) >= 11 is 0. The lowest BCUT2D eigenvalue weighted by Crippen LogP contribution is -2.33. The van der Waals surface area contributed by atoms with Crippen LogP contribution in [0.15, 0.2) is 30.5 Å². The molecule has 0 saturated carbocycles. The van der Waals surface area contributed by atoms with Crippen LogP contribution in [0.2, 0.25) is 0 Å². The Morgan fingerprint density at radius 2 is 2.26 bits per heavy atom. The Bertz CT molecular complexity index is 674. The maximum atomic E-state index is 10.8. The molecular weight excluding hydrogens is 244 g/mol. The zero-order valence-electron chi connectivity index (χ0n) is 10.3. The minimum absolute atomic E-state index is 0.434. The van der Waals surface area contributed by atoms with Crippen LogP contribution < -0.4 is 5.73 Å². The second-order valence-electron chi connectivity index (χ2n) is 4.56. The van der Waals surface area contributed by atoms with Gasteiger partial charge in [0.2, 0.25) is 0 Å². The molecule has 0 atom stereocenters. The van der Waals surface area contributed by atoms with Crippen molar-refractivity contribution in [1.29, 1.82) is 0 Å². The maximum absolute atomic E-state index is 10.8. The normalized spacial score (nSPS) is 15.6. The first kappa shape index (κ1) is 11.6. The number of hydrogen-bond acceptors (Lipinski definition) is 3. The fourth-order valence-electron chi connectivity index (χ4n) is 2.30. The van der Waals surface area contributed by atoms with E-state index in [9.17, 15) is 4.79 Å². The Kier molecular flexibility index (Phi) is 2.63. The molecule has 0 radical (unpaired) electrons. The van der Waals surface area contributed by atoms with Crippen molar-refractivity contribution in [2.75, 3.05) is 18.8 Å². The summed E-state index contributed by atoms with van der Waals surface area (Å²) in [6, 6.07) is 5.78. The van der Waals surface area contributed by atoms with E-state index in [0.717, 1.165) is 16.7 Å². The predicted octanol–water partition coefficient (Wildman–Crippen LogP) is 1.68. The third-order valence-corrected chi connectivity index (χ3v) is 3.33. The molecule has 3 N–H and O–H groups in total. The fraction of sp³-hybridized carbons (Fsp3) is 0.231. The minimum Gasteiger partial charge on any atom is -0.465 e. The van der Waals surface area contributed by atoms with Crippen molar-refractivity contribution in [3.8, 4) is 0 Å². The summed E-state index contributed by atoms with van der Waals surface area (Å²) in [5.41, 5.74) is 8.80. The van der Waals surface area contributed by atoms with E-state index < -0.39 is 6.09 Å². The van der Waals surface area contributed by atoms with Crippen LogP contribution >= 0.6 is 0 Å². The summed E-state index contributed by atoms with van der Waals surface area (Å²) in [6.45, 7) is 0.963. The summed E-state index contributed by atoms with van der Waals surface area (Å²) in [4.78, 5) is 12.2. The Balaban J connectivity index is 1.90. The van der Waals surface area contributed by atoms with Gasteiger partial charge in [0, 0.05) is 25.4 Å². The summed E-state index contributed by atoms with van der Waals surface area (Å²) in [5, 5.41) is 13.1. The molecule has 6 nitrogen and oxygen atoms in total. The zero-order chi connectivity index (χ0) is 13.4. The van der Waals surface area contributed by atoms with Crippen molar-refractivity contribution in [3.05, 3.63) is 36.0 Å². The molecule has 0 unspecified atom stereocenters. The number of pyridine rings is 1. The van der Waals surface area contributed by atoms with Gasteiger partial charge in [0.25, 0.3) is 0 Å². The lowest BCUT2D eigenvalue weighted by Gasteiger charge is -2.23. The minimum atomic E-state index is -0.870. The first-order valence-electron chi connectivity index (χ1n) is 6.06. The van der Waals surface area contributed by atoms with E-state index in [1.807, 2.05) is 30.5 Å². The molecule has 3 rings (SSSR count). The van der Waals surface area contributed by atoms with E-state index >= 15 is 0 Å². The van der Waals surface area contributed by atoms with Gasteiger partial charge in [-0.15, -0.1) is 0 Å². The molecule has 0 saturated heterocycles. The maximum Gasteiger partial charge on any atom is 0.407 e. The monoisotopic (exact) mass is 258 g/mol. The first-order valence-corrected chi connectivity index (χ1v) is 6.06. The number of carboxylic acid groups (broad SMARTS) is 1. The lowest BCUT2D eigenvalue weighted by atomic mass is 10.0. The van der Waals surface area contributed by atoms with Gasteiger partial charge >= 0.3 is 6.09 Å². The van der Waals surface area contributed by atoms with E-state index in [1.54, 1.807) is 4.52 Å². The van der Waals surface area contributed by atoms with Gasteiger partial charge in [-0.25, -0.2) is 9.31 Å². The Morgan fingerprint density at radius 1 is 1.42 bits per heavy atom. The molecule has 1 aliphatic heterocycles. The first-order chi connectivity index (χ1) is 9.13. The molecule has 0 fully saturated rings. The number of nitrogens with two attached hydrogens (primary N) is 1. The van der Waals surface area contributed by atoms with Crippen LogP contribution in [0.1, 0.15) is 12.0 Å². The van der Waals surface area contributed by atoms with Gasteiger partial charge < -0.3 is 15.7 Å². The molecule has 0 bridgehead atoms. The number of anilines is 1. The molecule has 98 valence electrons. The van der Waals surface area contributed by atoms with Crippen molar-refractivity contribution in [2.45, 2.75) is 6.42 Å². The van der Waals surface area contributed by atoms with E-state index in [-0.39, 0.29) is 0 Å². The highest BCUT2D eigenvalue weighted by Crippen LogP contribution is 2.23. The fourth-order valence-corrected chi connectivity index (χ4v) is 2.30. The van der Waals surface area contributed by atoms with Crippen molar-refractivity contribution in [1.82, 2.24) is 14.5 Å². The van der Waals surface area contributed by atoms with Crippen LogP contribution in [0.3, 0.4) is 0 Å². The van der Waals surface area contributed by atoms with E-state index in [2.05, 4.69) is 5.10 Å². The lowest BCUT2D eigenvalue weighted by molar-refractivity contribution is 0.150. The molecule has 19 heavy (non-hydrogen) atoms. The quantitative estimate of drug-likeness (QED) is 0.815. The van der Waals surface area contributed by atoms with Crippen LogP contribution in [-0.4, -0.2) is 38.8 Å². The van der Waals surface area contributed by atoms with Gasteiger partial charge in [-0.3, -0.25) is 0 Å². The molecule has 2 aromatic heterocycles. The Labute approximate surface area is 109 Å². The largest absolute Gasteiger partial charge is 0.465 e. The van der Waals surface area contributed by atoms with E-state index in [4.69, 9.17) is 10.8 Å². The summed E-state index contributed by atoms with van der Waals surface area (Å²) in [7, 11) is 0. The number of nitrogen functional groups attached to an aromatic ring is 1. The smallest absolute Gasteiger partial charge is 0.407 e. The number of fused-ring (bicyclic) bond motifs is 1. The summed E-state index contributed by atoms with van der Waals surface area (Å²) < 4.78 is 1.75. The molecule has 2 aromatic rings. The molecule has 0 spiro atoms. The molecule has 1 amide bonds. The SMILES string of the molecule is Nc1cc2ccc(C3=CCN(C(=O)O)CC3)cn2n1. The summed E-state index contributed by atoms with van der Waals surface area (Å²) in [6.07, 6.45) is 3.72. The van der Waals surface area contributed by atoms with Crippen LogP contribution in [0.5, 0.6) is 0 Å². The van der Waals surface area contributed by atoms with Gasteiger partial charge in [-0.1, -0.05) is 12.1 Å². The highest BCUT2D eigenvalue weighted by Gasteiger charge is 2.16. The topological polar surface area (TPSA) is 83.9 Å². The number of amides is 1. The van der Waals surface area contributed by atoms with Gasteiger partial charge in [0.1, 0.15) is 5.82 Å². The Morgan fingerprint density at radius 3 is 2.95 bits per heavy atom. The number of carbonyl (C=O) groups is 1. The summed E-state index contributed by atoms with van der Waals surface area (Å²) in [5.74, 6) is 0.492. The van der Waals surface area contributed by atoms with Crippen molar-refractivity contribution >= 4 is 23.0 Å². The number of aromatic nitrogens is 2. The number of hydrogen-bond donors (Lipinski definition) is 2. The molecule has 3 heterocycles. The highest BCUT2D eigenvalue weighted by molar-refractivity contribution is 5.72. The molecule has 1 aliphatic rings. The van der Waals surface area contributed by atoms with E-state index in [0.29, 0.717) is 25.3 Å². The van der Waals surface area contributed by atoms with Gasteiger partial charge in [-0.2, -0.15) is 5.10 Å². The molecular formula is C13H14N4O2. The van der Waals surface area contributed by atoms with Crippen LogP contribution in [0.25, 0.3) is 11.1 Å². The highest BCUT2D eigenvalue weighted by atomic mass is 16.4. The zero-order valence-corrected chi connectivity index (χ0v) is 10.3. The second-order valence-corrected chi connectivity index (χ2v) is 4.56. The molecule has 0 aliphatic carbocycles. The van der Waals surface area contributed by atoms with Gasteiger partial charge in [-0.05, 0) is 23.6 Å². The third-order valence-electron chi connectivity index (χ3n) is 3.33. The standard InChI is InChI=1S/C13H14N4O2/c14-12-7-11-2-1-10(8-17(11)15-12)9-3-5-16(6-4-9)13(18)19/h1-3,7-8H,4-6H2,(H2,14,15)(H,18,19). The number of nitrogens with zero attached hydrogens (tertiary/aromatic N) is 3. The van der Waals surface area contributed by atoms with Crippen molar-refractivity contribution < 1.29 is 9.90 Å². The number of rotatable bonds is 1. The van der Waals surface area contributed by atoms with Crippen LogP contribution in [-0.2, 0) is 0 Å². The molecule has 6 heteroatoms. The average molecular weight is 258 g/mol. The third kappa shape index (κ3) is 2.12. The van der Waals surface area contributed by atoms with Crippen molar-refractivity contribution in [3.63, 3.8) is 0 Å². The van der Waals surface area contributed by atoms with Gasteiger partial charge in [0.05, 0.1) is 5.52 Å². The van der Waals surface area contributed by atoms with Crippen LogP contribution in [0.4, 0.5) is 10.6 Å². The van der Waals surface area contributed by atoms with E-state index in [1.165, 1.54) is 4.90 Å². The van der Waals surface area contributed by atoms with Crippen molar-refractivity contribution in [2.24, 2.45) is 0 Å². The van der Waals surface area contributed by atoms with Crippen LogP contribution in [0, 0.1) is 0 Å². The molecule has 0 aromatic carbocycles.